The molecule has 0 saturated carbocycles. The van der Waals surface area contributed by atoms with Crippen LogP contribution < -0.4 is 11.4 Å². The van der Waals surface area contributed by atoms with Crippen molar-refractivity contribution in [2.24, 2.45) is 0 Å². The number of aliphatic hydroxyl groups is 4. The Bertz CT molecular complexity index is 739. The van der Waals surface area contributed by atoms with Crippen LogP contribution in [0.25, 0.3) is 0 Å². The normalized spacial score (nSPS) is 39.2. The lowest BCUT2D eigenvalue weighted by atomic mass is 10.0. The minimum Gasteiger partial charge on any atom is -0.394 e. The number of anilines is 1. The number of nitrogens with zero attached hydrogens (tertiary/aromatic N) is 2. The van der Waals surface area contributed by atoms with E-state index in [0.29, 0.717) is 0 Å². The summed E-state index contributed by atoms with van der Waals surface area (Å²) in [5, 5.41) is 38.4. The fourth-order valence-corrected chi connectivity index (χ4v) is 3.78. The van der Waals surface area contributed by atoms with Gasteiger partial charge in [-0.1, -0.05) is 0 Å². The standard InChI is InChI=1S/C14H19FIN3O8/c15-7-8(22)5(2-20)26-13(7)19-1-4(12(17)18-14(19)24)10-11(27-16)9(23)6(3-21)25-10/h1,5-11,13,20-23H,2-3H2,(H2,17,18,24)/t5-,6-,7?,8-,9-,10?,11+,13-/m1/s1. The first-order valence-corrected chi connectivity index (χ1v) is 8.90. The summed E-state index contributed by atoms with van der Waals surface area (Å²) in [4.78, 5) is 15.8. The summed E-state index contributed by atoms with van der Waals surface area (Å²) < 4.78 is 31.1. The molecular weight excluding hydrogens is 484 g/mol. The molecule has 2 aliphatic heterocycles. The van der Waals surface area contributed by atoms with Gasteiger partial charge in [0.25, 0.3) is 0 Å². The van der Waals surface area contributed by atoms with Crippen LogP contribution in [0, 0.1) is 0 Å². The van der Waals surface area contributed by atoms with Crippen molar-refractivity contribution in [3.05, 3.63) is 22.2 Å². The quantitative estimate of drug-likeness (QED) is 0.282. The first-order chi connectivity index (χ1) is 12.8. The van der Waals surface area contributed by atoms with E-state index in [1.807, 2.05) is 0 Å². The highest BCUT2D eigenvalue weighted by molar-refractivity contribution is 14.1. The van der Waals surface area contributed by atoms with E-state index in [1.165, 1.54) is 0 Å². The second-order valence-corrected chi connectivity index (χ2v) is 6.78. The predicted octanol–water partition coefficient (Wildman–Crippen LogP) is -2.06. The van der Waals surface area contributed by atoms with E-state index >= 15 is 0 Å². The molecule has 0 aromatic carbocycles. The minimum absolute atomic E-state index is 0.115. The van der Waals surface area contributed by atoms with Gasteiger partial charge >= 0.3 is 5.69 Å². The lowest BCUT2D eigenvalue weighted by Crippen LogP contribution is -2.35. The van der Waals surface area contributed by atoms with Gasteiger partial charge in [-0.2, -0.15) is 4.98 Å². The maximum absolute atomic E-state index is 14.4. The van der Waals surface area contributed by atoms with E-state index in [0.717, 1.165) is 10.8 Å². The van der Waals surface area contributed by atoms with Crippen LogP contribution in [0.4, 0.5) is 10.2 Å². The average molecular weight is 503 g/mol. The number of alkyl halides is 1. The highest BCUT2D eigenvalue weighted by Gasteiger charge is 2.48. The van der Waals surface area contributed by atoms with Crippen molar-refractivity contribution in [2.45, 2.75) is 49.0 Å². The largest absolute Gasteiger partial charge is 0.394 e. The molecule has 0 radical (unpaired) electrons. The number of nitrogens with two attached hydrogens (primary N) is 1. The summed E-state index contributed by atoms with van der Waals surface area (Å²) in [6.07, 6.45) is -9.25. The van der Waals surface area contributed by atoms with Gasteiger partial charge in [-0.25, -0.2) is 9.18 Å². The summed E-state index contributed by atoms with van der Waals surface area (Å²) in [6, 6.07) is 0. The third kappa shape index (κ3) is 3.57. The number of hydrogen-bond acceptors (Lipinski definition) is 10. The summed E-state index contributed by atoms with van der Waals surface area (Å²) in [7, 11) is 0. The Morgan fingerprint density at radius 2 is 1.89 bits per heavy atom. The summed E-state index contributed by atoms with van der Waals surface area (Å²) >= 11 is 1.55. The monoisotopic (exact) mass is 503 g/mol. The molecule has 8 atom stereocenters. The number of nitrogen functional groups attached to an aromatic ring is 1. The van der Waals surface area contributed by atoms with Crippen LogP contribution in [0.5, 0.6) is 0 Å². The summed E-state index contributed by atoms with van der Waals surface area (Å²) in [5.41, 5.74) is 4.99. The van der Waals surface area contributed by atoms with Gasteiger partial charge in [0, 0.05) is 11.8 Å². The van der Waals surface area contributed by atoms with Gasteiger partial charge in [-0.15, -0.1) is 0 Å². The molecule has 2 saturated heterocycles. The van der Waals surface area contributed by atoms with Crippen molar-refractivity contribution < 1.29 is 37.4 Å². The molecule has 0 aliphatic carbocycles. The van der Waals surface area contributed by atoms with E-state index < -0.39 is 67.9 Å². The second kappa shape index (κ2) is 8.20. The van der Waals surface area contributed by atoms with Crippen LogP contribution in [-0.2, 0) is 12.5 Å². The van der Waals surface area contributed by atoms with Crippen molar-refractivity contribution >= 4 is 28.8 Å². The van der Waals surface area contributed by atoms with Crippen LogP contribution in [0.1, 0.15) is 17.9 Å². The molecular formula is C14H19FIN3O8. The van der Waals surface area contributed by atoms with Gasteiger partial charge in [-0.05, 0) is 0 Å². The molecule has 0 spiro atoms. The smallest absolute Gasteiger partial charge is 0.351 e. The zero-order valence-corrected chi connectivity index (χ0v) is 15.9. The lowest BCUT2D eigenvalue weighted by Gasteiger charge is -2.22. The Morgan fingerprint density at radius 3 is 2.44 bits per heavy atom. The number of rotatable bonds is 5. The van der Waals surface area contributed by atoms with Crippen LogP contribution in [-0.4, -0.2) is 79.9 Å². The fraction of sp³-hybridized carbons (Fsp3) is 0.714. The van der Waals surface area contributed by atoms with Crippen LogP contribution >= 0.6 is 23.0 Å². The van der Waals surface area contributed by atoms with E-state index in [9.17, 15) is 24.5 Å². The van der Waals surface area contributed by atoms with Gasteiger partial charge in [0.05, 0.1) is 13.2 Å². The molecule has 2 fully saturated rings. The average Bonchev–Trinajstić information content (AvgIpc) is 3.12. The Hall–Kier alpha value is -0.940. The van der Waals surface area contributed by atoms with Crippen LogP contribution in [0.2, 0.25) is 0 Å². The molecule has 3 rings (SSSR count). The molecule has 0 bridgehead atoms. The second-order valence-electron chi connectivity index (χ2n) is 6.28. The Kier molecular flexibility index (Phi) is 6.31. The molecule has 3 heterocycles. The molecule has 2 aliphatic rings. The number of halogens is 2. The lowest BCUT2D eigenvalue weighted by molar-refractivity contribution is -0.0499. The number of aromatic nitrogens is 2. The first kappa shape index (κ1) is 20.8. The number of ether oxygens (including phenoxy) is 2. The van der Waals surface area contributed by atoms with E-state index in [1.54, 1.807) is 23.0 Å². The Morgan fingerprint density at radius 1 is 1.26 bits per heavy atom. The van der Waals surface area contributed by atoms with Crippen molar-refractivity contribution in [3.8, 4) is 0 Å². The molecule has 2 unspecified atom stereocenters. The van der Waals surface area contributed by atoms with Gasteiger partial charge in [-0.3, -0.25) is 4.57 Å². The molecule has 11 nitrogen and oxygen atoms in total. The zero-order valence-electron chi connectivity index (χ0n) is 13.8. The van der Waals surface area contributed by atoms with Crippen LogP contribution in [0.15, 0.2) is 11.0 Å². The van der Waals surface area contributed by atoms with Gasteiger partial charge in [0.15, 0.2) is 12.4 Å². The number of aliphatic hydroxyl groups excluding tert-OH is 4. The SMILES string of the molecule is Nc1nc(=O)n([C@@H]2O[C@H](CO)[C@@H](O)C2F)cc1C1O[C@H](CO)[C@@H](O)[C@@H]1OI. The Labute approximate surface area is 166 Å². The zero-order chi connectivity index (χ0) is 19.9. The van der Waals surface area contributed by atoms with E-state index in [2.05, 4.69) is 4.98 Å². The third-order valence-electron chi connectivity index (χ3n) is 4.69. The molecule has 1 aromatic heterocycles. The number of hydrogen-bond donors (Lipinski definition) is 5. The molecule has 1 aromatic rings. The third-order valence-corrected chi connectivity index (χ3v) is 5.27. The van der Waals surface area contributed by atoms with E-state index in [-0.39, 0.29) is 11.4 Å². The maximum Gasteiger partial charge on any atom is 0.351 e. The fourth-order valence-electron chi connectivity index (χ4n) is 3.21. The highest BCUT2D eigenvalue weighted by atomic mass is 127. The molecule has 27 heavy (non-hydrogen) atoms. The van der Waals surface area contributed by atoms with Gasteiger partial charge in [0.1, 0.15) is 65.4 Å². The molecule has 0 amide bonds. The Balaban J connectivity index is 1.99. The van der Waals surface area contributed by atoms with Crippen molar-refractivity contribution in [1.29, 1.82) is 0 Å². The molecule has 13 heteroatoms. The predicted molar refractivity (Wildman–Crippen MR) is 94.4 cm³/mol. The molecule has 6 N–H and O–H groups in total. The minimum atomic E-state index is -1.99. The summed E-state index contributed by atoms with van der Waals surface area (Å²) in [5.74, 6) is -0.224. The van der Waals surface area contributed by atoms with Crippen molar-refractivity contribution in [1.82, 2.24) is 9.55 Å². The topological polar surface area (TPSA) is 170 Å². The van der Waals surface area contributed by atoms with E-state index in [4.69, 9.17) is 23.4 Å². The first-order valence-electron chi connectivity index (χ1n) is 8.02. The van der Waals surface area contributed by atoms with Crippen molar-refractivity contribution in [3.63, 3.8) is 0 Å². The van der Waals surface area contributed by atoms with Gasteiger partial charge < -0.3 is 38.7 Å². The van der Waals surface area contributed by atoms with Gasteiger partial charge in [0.2, 0.25) is 0 Å². The summed E-state index contributed by atoms with van der Waals surface area (Å²) in [6.45, 7) is -1.12. The molecule has 152 valence electrons. The van der Waals surface area contributed by atoms with Crippen LogP contribution in [0.3, 0.4) is 0 Å². The van der Waals surface area contributed by atoms with Crippen molar-refractivity contribution in [2.75, 3.05) is 18.9 Å². The highest BCUT2D eigenvalue weighted by Crippen LogP contribution is 2.39. The maximum atomic E-state index is 14.4.